The minimum atomic E-state index is -0.0599. The zero-order chi connectivity index (χ0) is 20.1. The molecule has 1 fully saturated rings. The van der Waals surface area contributed by atoms with Crippen LogP contribution in [0.15, 0.2) is 65.6 Å². The molecule has 2 aromatic heterocycles. The summed E-state index contributed by atoms with van der Waals surface area (Å²) in [4.78, 5) is 28.9. The molecule has 1 N–H and O–H groups in total. The van der Waals surface area contributed by atoms with Crippen LogP contribution >= 0.6 is 11.3 Å². The van der Waals surface area contributed by atoms with E-state index in [2.05, 4.69) is 10.2 Å². The number of amides is 2. The van der Waals surface area contributed by atoms with Crippen molar-refractivity contribution < 1.29 is 9.59 Å². The van der Waals surface area contributed by atoms with Gasteiger partial charge in [-0.1, -0.05) is 0 Å². The Balaban J connectivity index is 1.20. The second-order valence-electron chi connectivity index (χ2n) is 7.04. The number of nitrogens with one attached hydrogen (secondary N) is 1. The van der Waals surface area contributed by atoms with Crippen LogP contribution in [0, 0.1) is 0 Å². The van der Waals surface area contributed by atoms with E-state index in [9.17, 15) is 9.59 Å². The average Bonchev–Trinajstić information content (AvgIpc) is 3.48. The summed E-state index contributed by atoms with van der Waals surface area (Å²) in [5.74, 6) is 0.0536. The molecule has 1 saturated heterocycles. The number of carbonyl (C=O) groups excluding carboxylic acids is 2. The van der Waals surface area contributed by atoms with Gasteiger partial charge in [0.2, 0.25) is 0 Å². The van der Waals surface area contributed by atoms with Crippen LogP contribution in [0.3, 0.4) is 0 Å². The highest BCUT2D eigenvalue weighted by molar-refractivity contribution is 7.08. The Morgan fingerprint density at radius 3 is 2.31 bits per heavy atom. The van der Waals surface area contributed by atoms with Gasteiger partial charge in [0.05, 0.1) is 5.56 Å². The van der Waals surface area contributed by atoms with Crippen LogP contribution in [-0.2, 0) is 0 Å². The Morgan fingerprint density at radius 1 is 0.931 bits per heavy atom. The van der Waals surface area contributed by atoms with E-state index in [4.69, 9.17) is 0 Å². The molecule has 1 aromatic carbocycles. The first kappa shape index (κ1) is 19.4. The Labute approximate surface area is 174 Å². The minimum absolute atomic E-state index is 0.0599. The predicted octanol–water partition coefficient (Wildman–Crippen LogP) is 2.73. The van der Waals surface area contributed by atoms with E-state index < -0.39 is 0 Å². The van der Waals surface area contributed by atoms with Crippen molar-refractivity contribution >= 4 is 23.2 Å². The number of nitrogens with zero attached hydrogens (tertiary/aromatic N) is 3. The molecule has 1 aliphatic rings. The van der Waals surface area contributed by atoms with Crippen LogP contribution in [0.2, 0.25) is 0 Å². The first-order valence-electron chi connectivity index (χ1n) is 9.76. The van der Waals surface area contributed by atoms with E-state index in [1.165, 1.54) is 0 Å². The summed E-state index contributed by atoms with van der Waals surface area (Å²) in [7, 11) is 0. The van der Waals surface area contributed by atoms with E-state index in [0.717, 1.165) is 44.0 Å². The fraction of sp³-hybridized carbons (Fsp3) is 0.273. The highest BCUT2D eigenvalue weighted by atomic mass is 32.1. The number of aromatic nitrogens is 1. The quantitative estimate of drug-likeness (QED) is 0.682. The maximum atomic E-state index is 12.4. The van der Waals surface area contributed by atoms with E-state index in [0.29, 0.717) is 12.1 Å². The Bertz CT molecular complexity index is 928. The average molecular weight is 409 g/mol. The van der Waals surface area contributed by atoms with Gasteiger partial charge in [-0.2, -0.15) is 11.3 Å². The first-order valence-corrected chi connectivity index (χ1v) is 10.7. The molecular weight excluding hydrogens is 384 g/mol. The standard InChI is InChI=1S/C22H24N4O2S/c27-21(18-3-5-20(6-4-18)25-9-1-2-10-25)23-8-11-24-12-14-26(15-13-24)22(28)19-7-16-29-17-19/h1-7,9-10,16-17H,8,11-15H2,(H,23,27). The Hall–Kier alpha value is -2.90. The van der Waals surface area contributed by atoms with Gasteiger partial charge < -0.3 is 14.8 Å². The third kappa shape index (κ3) is 4.75. The second-order valence-corrected chi connectivity index (χ2v) is 7.82. The van der Waals surface area contributed by atoms with Gasteiger partial charge in [-0.3, -0.25) is 14.5 Å². The number of carbonyl (C=O) groups is 2. The van der Waals surface area contributed by atoms with Gasteiger partial charge in [-0.15, -0.1) is 0 Å². The van der Waals surface area contributed by atoms with Crippen molar-refractivity contribution in [2.45, 2.75) is 0 Å². The number of thiophene rings is 1. The van der Waals surface area contributed by atoms with Gasteiger partial charge in [0.15, 0.2) is 0 Å². The van der Waals surface area contributed by atoms with E-state index in [-0.39, 0.29) is 11.8 Å². The summed E-state index contributed by atoms with van der Waals surface area (Å²) in [6.45, 7) is 4.49. The lowest BCUT2D eigenvalue weighted by Gasteiger charge is -2.34. The molecule has 0 saturated carbocycles. The topological polar surface area (TPSA) is 57.6 Å². The number of benzene rings is 1. The lowest BCUT2D eigenvalue weighted by molar-refractivity contribution is 0.0638. The lowest BCUT2D eigenvalue weighted by Crippen LogP contribution is -2.50. The molecule has 0 aliphatic carbocycles. The maximum absolute atomic E-state index is 12.4. The minimum Gasteiger partial charge on any atom is -0.351 e. The van der Waals surface area contributed by atoms with Crippen LogP contribution in [0.1, 0.15) is 20.7 Å². The molecule has 0 spiro atoms. The van der Waals surface area contributed by atoms with Crippen LogP contribution < -0.4 is 5.32 Å². The summed E-state index contributed by atoms with van der Waals surface area (Å²) in [6.07, 6.45) is 3.95. The van der Waals surface area contributed by atoms with Crippen molar-refractivity contribution in [3.8, 4) is 5.69 Å². The molecule has 6 nitrogen and oxygen atoms in total. The zero-order valence-electron chi connectivity index (χ0n) is 16.2. The van der Waals surface area contributed by atoms with Crippen LogP contribution in [-0.4, -0.2) is 65.4 Å². The molecule has 3 aromatic rings. The molecule has 0 unspecified atom stereocenters. The normalized spacial score (nSPS) is 14.7. The SMILES string of the molecule is O=C(NCCN1CCN(C(=O)c2ccsc2)CC1)c1ccc(-n2cccc2)cc1. The van der Waals surface area contributed by atoms with Crippen LogP contribution in [0.5, 0.6) is 0 Å². The van der Waals surface area contributed by atoms with E-state index in [1.54, 1.807) is 11.3 Å². The largest absolute Gasteiger partial charge is 0.351 e. The van der Waals surface area contributed by atoms with Gasteiger partial charge >= 0.3 is 0 Å². The van der Waals surface area contributed by atoms with Crippen molar-refractivity contribution in [2.75, 3.05) is 39.3 Å². The highest BCUT2D eigenvalue weighted by Crippen LogP contribution is 2.12. The third-order valence-corrected chi connectivity index (χ3v) is 5.86. The molecule has 7 heteroatoms. The molecular formula is C22H24N4O2S. The molecule has 0 radical (unpaired) electrons. The van der Waals surface area contributed by atoms with Crippen LogP contribution in [0.4, 0.5) is 0 Å². The fourth-order valence-corrected chi connectivity index (χ4v) is 4.09. The number of hydrogen-bond donors (Lipinski definition) is 1. The molecule has 150 valence electrons. The first-order chi connectivity index (χ1) is 14.2. The monoisotopic (exact) mass is 408 g/mol. The van der Waals surface area contributed by atoms with Crippen molar-refractivity contribution in [1.82, 2.24) is 19.7 Å². The van der Waals surface area contributed by atoms with Crippen LogP contribution in [0.25, 0.3) is 5.69 Å². The molecule has 1 aliphatic heterocycles. The third-order valence-electron chi connectivity index (χ3n) is 5.17. The lowest BCUT2D eigenvalue weighted by atomic mass is 10.2. The van der Waals surface area contributed by atoms with Gasteiger partial charge in [0, 0.05) is 68.3 Å². The Kier molecular flexibility index (Phi) is 6.07. The summed E-state index contributed by atoms with van der Waals surface area (Å²) < 4.78 is 2.00. The van der Waals surface area contributed by atoms with Crippen molar-refractivity contribution in [2.24, 2.45) is 0 Å². The number of piperazine rings is 1. The Morgan fingerprint density at radius 2 is 1.66 bits per heavy atom. The zero-order valence-corrected chi connectivity index (χ0v) is 17.0. The predicted molar refractivity (Wildman–Crippen MR) is 115 cm³/mol. The molecule has 3 heterocycles. The molecule has 0 bridgehead atoms. The summed E-state index contributed by atoms with van der Waals surface area (Å²) >= 11 is 1.55. The fourth-order valence-electron chi connectivity index (χ4n) is 3.46. The van der Waals surface area contributed by atoms with E-state index >= 15 is 0 Å². The van der Waals surface area contributed by atoms with Gasteiger partial charge in [-0.05, 0) is 47.8 Å². The van der Waals surface area contributed by atoms with Gasteiger partial charge in [0.25, 0.3) is 11.8 Å². The van der Waals surface area contributed by atoms with Gasteiger partial charge in [-0.25, -0.2) is 0 Å². The summed E-state index contributed by atoms with van der Waals surface area (Å²) in [6, 6.07) is 13.4. The highest BCUT2D eigenvalue weighted by Gasteiger charge is 2.22. The summed E-state index contributed by atoms with van der Waals surface area (Å²) in [5.41, 5.74) is 2.46. The molecule has 0 atom stereocenters. The van der Waals surface area contributed by atoms with E-state index in [1.807, 2.05) is 75.1 Å². The molecule has 29 heavy (non-hydrogen) atoms. The van der Waals surface area contributed by atoms with Gasteiger partial charge in [0.1, 0.15) is 0 Å². The number of rotatable bonds is 6. The molecule has 4 rings (SSSR count). The second kappa shape index (κ2) is 9.07. The van der Waals surface area contributed by atoms with Crippen molar-refractivity contribution in [3.05, 3.63) is 76.7 Å². The number of hydrogen-bond acceptors (Lipinski definition) is 4. The maximum Gasteiger partial charge on any atom is 0.254 e. The van der Waals surface area contributed by atoms with Crippen molar-refractivity contribution in [1.29, 1.82) is 0 Å². The molecule has 2 amide bonds. The van der Waals surface area contributed by atoms with Crippen molar-refractivity contribution in [3.63, 3.8) is 0 Å². The smallest absolute Gasteiger partial charge is 0.254 e. The summed E-state index contributed by atoms with van der Waals surface area (Å²) in [5, 5.41) is 6.82.